The predicted octanol–water partition coefficient (Wildman–Crippen LogP) is 5.07. The molecule has 4 rings (SSSR count). The number of methoxy groups -OCH3 is 2. The molecule has 1 saturated carbocycles. The molecule has 2 amide bonds. The Morgan fingerprint density at radius 1 is 0.907 bits per heavy atom. The number of nitrogens with one attached hydrogen (secondary N) is 1. The fraction of sp³-hybridized carbons (Fsp3) is 0.394. The first-order chi connectivity index (χ1) is 20.6. The summed E-state index contributed by atoms with van der Waals surface area (Å²) in [5.74, 6) is -0.0252. The molecule has 1 atom stereocenters. The Kier molecular flexibility index (Phi) is 10.7. The number of nitrogens with zero attached hydrogens (tertiary/aromatic N) is 2. The van der Waals surface area contributed by atoms with Gasteiger partial charge < -0.3 is 19.7 Å². The van der Waals surface area contributed by atoms with E-state index in [2.05, 4.69) is 5.32 Å². The van der Waals surface area contributed by atoms with Crippen molar-refractivity contribution in [3.05, 3.63) is 83.9 Å². The van der Waals surface area contributed by atoms with Crippen LogP contribution in [0.5, 0.6) is 11.5 Å². The maximum atomic E-state index is 14.2. The lowest BCUT2D eigenvalue weighted by atomic mass is 9.95. The van der Waals surface area contributed by atoms with Gasteiger partial charge in [-0.3, -0.25) is 13.9 Å². The molecule has 0 radical (unpaired) electrons. The lowest BCUT2D eigenvalue weighted by Crippen LogP contribution is -2.53. The van der Waals surface area contributed by atoms with Crippen molar-refractivity contribution in [1.29, 1.82) is 0 Å². The third-order valence-electron chi connectivity index (χ3n) is 7.99. The second kappa shape index (κ2) is 14.4. The smallest absolute Gasteiger partial charge is 0.264 e. The van der Waals surface area contributed by atoms with Crippen molar-refractivity contribution in [3.8, 4) is 11.5 Å². The summed E-state index contributed by atoms with van der Waals surface area (Å²) >= 11 is 0. The molecule has 0 bridgehead atoms. The minimum atomic E-state index is -4.19. The molecule has 0 spiro atoms. The fourth-order valence-corrected chi connectivity index (χ4v) is 6.78. The largest absolute Gasteiger partial charge is 0.493 e. The summed E-state index contributed by atoms with van der Waals surface area (Å²) in [4.78, 5) is 29.2. The summed E-state index contributed by atoms with van der Waals surface area (Å²) in [5.41, 5.74) is 2.07. The van der Waals surface area contributed by atoms with Gasteiger partial charge in [-0.05, 0) is 62.1 Å². The van der Waals surface area contributed by atoms with Gasteiger partial charge in [0.25, 0.3) is 10.0 Å². The number of aryl methyl sites for hydroxylation is 1. The molecule has 43 heavy (non-hydrogen) atoms. The first-order valence-corrected chi connectivity index (χ1v) is 16.0. The molecule has 3 aromatic carbocycles. The average molecular weight is 608 g/mol. The summed E-state index contributed by atoms with van der Waals surface area (Å²) in [6.07, 6.45) is 5.09. The topological polar surface area (TPSA) is 105 Å². The van der Waals surface area contributed by atoms with Crippen LogP contribution in [-0.4, -0.2) is 58.0 Å². The Hall–Kier alpha value is -4.05. The van der Waals surface area contributed by atoms with E-state index in [4.69, 9.17) is 9.47 Å². The van der Waals surface area contributed by atoms with Crippen LogP contribution in [0.2, 0.25) is 0 Å². The number of sulfonamides is 1. The van der Waals surface area contributed by atoms with Gasteiger partial charge in [0.2, 0.25) is 11.8 Å². The highest BCUT2D eigenvalue weighted by Gasteiger charge is 2.33. The quantitative estimate of drug-likeness (QED) is 0.308. The molecule has 0 saturated heterocycles. The summed E-state index contributed by atoms with van der Waals surface area (Å²) in [5, 5.41) is 3.13. The molecule has 9 nitrogen and oxygen atoms in total. The number of hydrogen-bond donors (Lipinski definition) is 1. The van der Waals surface area contributed by atoms with Crippen molar-refractivity contribution in [1.82, 2.24) is 10.2 Å². The maximum Gasteiger partial charge on any atom is 0.264 e. The molecular weight excluding hydrogens is 566 g/mol. The molecule has 1 N–H and O–H groups in total. The Morgan fingerprint density at radius 2 is 1.56 bits per heavy atom. The van der Waals surface area contributed by atoms with Gasteiger partial charge in [0.15, 0.2) is 11.5 Å². The molecule has 1 fully saturated rings. The molecule has 1 aliphatic carbocycles. The highest BCUT2D eigenvalue weighted by Crippen LogP contribution is 2.34. The number of benzene rings is 3. The summed E-state index contributed by atoms with van der Waals surface area (Å²) in [7, 11) is -1.24. The van der Waals surface area contributed by atoms with Crippen LogP contribution in [0.15, 0.2) is 77.7 Å². The number of amides is 2. The van der Waals surface area contributed by atoms with Crippen LogP contribution in [-0.2, 0) is 26.2 Å². The van der Waals surface area contributed by atoms with E-state index in [1.54, 1.807) is 37.3 Å². The summed E-state index contributed by atoms with van der Waals surface area (Å²) < 4.78 is 39.9. The van der Waals surface area contributed by atoms with Crippen LogP contribution in [0.1, 0.15) is 50.2 Å². The van der Waals surface area contributed by atoms with Gasteiger partial charge in [-0.15, -0.1) is 0 Å². The van der Waals surface area contributed by atoms with E-state index in [0.717, 1.165) is 47.5 Å². The lowest BCUT2D eigenvalue weighted by molar-refractivity contribution is -0.139. The molecule has 1 aliphatic rings. The fourth-order valence-electron chi connectivity index (χ4n) is 5.35. The Bertz CT molecular complexity index is 1510. The monoisotopic (exact) mass is 607 g/mol. The van der Waals surface area contributed by atoms with E-state index in [9.17, 15) is 18.0 Å². The minimum absolute atomic E-state index is 0.0335. The minimum Gasteiger partial charge on any atom is -0.493 e. The van der Waals surface area contributed by atoms with Crippen LogP contribution >= 0.6 is 0 Å². The van der Waals surface area contributed by atoms with Gasteiger partial charge in [-0.1, -0.05) is 61.7 Å². The van der Waals surface area contributed by atoms with E-state index >= 15 is 0 Å². The van der Waals surface area contributed by atoms with Crippen LogP contribution in [0.3, 0.4) is 0 Å². The Morgan fingerprint density at radius 3 is 2.21 bits per heavy atom. The van der Waals surface area contributed by atoms with Crippen molar-refractivity contribution < 1.29 is 27.5 Å². The lowest BCUT2D eigenvalue weighted by Gasteiger charge is -2.33. The molecule has 10 heteroatoms. The number of anilines is 1. The van der Waals surface area contributed by atoms with Gasteiger partial charge in [-0.25, -0.2) is 8.42 Å². The van der Waals surface area contributed by atoms with Gasteiger partial charge in [0.1, 0.15) is 12.6 Å². The number of rotatable bonds is 12. The average Bonchev–Trinajstić information content (AvgIpc) is 3.03. The number of carbonyl (C=O) groups is 2. The molecule has 0 aromatic heterocycles. The van der Waals surface area contributed by atoms with E-state index < -0.39 is 28.5 Å². The van der Waals surface area contributed by atoms with E-state index in [0.29, 0.717) is 11.5 Å². The van der Waals surface area contributed by atoms with Gasteiger partial charge in [0.05, 0.1) is 24.8 Å². The first-order valence-electron chi connectivity index (χ1n) is 14.6. The third kappa shape index (κ3) is 7.67. The van der Waals surface area contributed by atoms with Gasteiger partial charge >= 0.3 is 0 Å². The summed E-state index contributed by atoms with van der Waals surface area (Å²) in [6, 6.07) is 19.5. The van der Waals surface area contributed by atoms with Crippen LogP contribution in [0.25, 0.3) is 0 Å². The van der Waals surface area contributed by atoms with Gasteiger partial charge in [0, 0.05) is 18.7 Å². The normalized spacial score (nSPS) is 14.4. The molecular formula is C33H41N3O6S. The molecule has 0 unspecified atom stereocenters. The standard InChI is InChI=1S/C33H41N3O6S/c1-24-13-11-12-14-26(24)22-35(25(2)33(38)34-27-15-7-5-8-16-27)32(37)23-36(43(39,40)29-17-9-6-10-18-29)28-19-20-30(41-3)31(21-28)42-4/h6,9-14,17-21,25,27H,5,7-8,15-16,22-23H2,1-4H3,(H,34,38)/t25-/m0/s1. The second-order valence-corrected chi connectivity index (χ2v) is 12.7. The zero-order valence-electron chi connectivity index (χ0n) is 25.3. The van der Waals surface area contributed by atoms with Gasteiger partial charge in [-0.2, -0.15) is 0 Å². The highest BCUT2D eigenvalue weighted by atomic mass is 32.2. The zero-order chi connectivity index (χ0) is 31.0. The SMILES string of the molecule is COc1ccc(N(CC(=O)N(Cc2ccccc2C)[C@@H](C)C(=O)NC2CCCCC2)S(=O)(=O)c2ccccc2)cc1OC. The van der Waals surface area contributed by atoms with Crippen LogP contribution < -0.4 is 19.1 Å². The van der Waals surface area contributed by atoms with Crippen molar-refractivity contribution in [2.24, 2.45) is 0 Å². The van der Waals surface area contributed by atoms with E-state index in [1.807, 2.05) is 31.2 Å². The van der Waals surface area contributed by atoms with E-state index in [-0.39, 0.29) is 29.1 Å². The molecule has 0 heterocycles. The summed E-state index contributed by atoms with van der Waals surface area (Å²) in [6.45, 7) is 3.26. The van der Waals surface area contributed by atoms with Crippen molar-refractivity contribution in [2.45, 2.75) is 69.5 Å². The Balaban J connectivity index is 1.72. The third-order valence-corrected chi connectivity index (χ3v) is 9.77. The second-order valence-electron chi connectivity index (χ2n) is 10.8. The number of hydrogen-bond acceptors (Lipinski definition) is 6. The van der Waals surface area contributed by atoms with Crippen molar-refractivity contribution in [2.75, 3.05) is 25.1 Å². The highest BCUT2D eigenvalue weighted by molar-refractivity contribution is 7.92. The Labute approximate surface area is 254 Å². The number of ether oxygens (including phenoxy) is 2. The van der Waals surface area contributed by atoms with Crippen LogP contribution in [0.4, 0.5) is 5.69 Å². The first kappa shape index (κ1) is 31.9. The molecule has 3 aromatic rings. The molecule has 230 valence electrons. The van der Waals surface area contributed by atoms with Crippen LogP contribution in [0, 0.1) is 6.92 Å². The van der Waals surface area contributed by atoms with E-state index in [1.165, 1.54) is 37.3 Å². The molecule has 0 aliphatic heterocycles. The van der Waals surface area contributed by atoms with Crippen molar-refractivity contribution in [3.63, 3.8) is 0 Å². The zero-order valence-corrected chi connectivity index (χ0v) is 26.1. The number of carbonyl (C=O) groups excluding carboxylic acids is 2. The maximum absolute atomic E-state index is 14.2. The van der Waals surface area contributed by atoms with Crippen molar-refractivity contribution >= 4 is 27.5 Å². The predicted molar refractivity (Wildman–Crippen MR) is 167 cm³/mol.